The number of ether oxygens (including phenoxy) is 1. The summed E-state index contributed by atoms with van der Waals surface area (Å²) in [6, 6.07) is 12.8. The van der Waals surface area contributed by atoms with Gasteiger partial charge in [-0.2, -0.15) is 13.2 Å². The molecule has 5 heteroatoms. The van der Waals surface area contributed by atoms with Gasteiger partial charge in [-0.05, 0) is 42.5 Å². The van der Waals surface area contributed by atoms with Gasteiger partial charge in [-0.3, -0.25) is 0 Å². The lowest BCUT2D eigenvalue weighted by molar-refractivity contribution is -0.136. The van der Waals surface area contributed by atoms with E-state index in [9.17, 15) is 13.2 Å². The smallest absolute Gasteiger partial charge is 0.389 e. The first-order valence-corrected chi connectivity index (χ1v) is 7.86. The van der Waals surface area contributed by atoms with Gasteiger partial charge in [0.15, 0.2) is 0 Å². The van der Waals surface area contributed by atoms with Gasteiger partial charge in [0.25, 0.3) is 0 Å². The van der Waals surface area contributed by atoms with Crippen molar-refractivity contribution in [2.45, 2.75) is 45.5 Å². The Bertz CT molecular complexity index is 645. The largest absolute Gasteiger partial charge is 0.488 e. The highest BCUT2D eigenvalue weighted by molar-refractivity contribution is 5.44. The molecule has 0 amide bonds. The first-order chi connectivity index (χ1) is 11.3. The zero-order valence-corrected chi connectivity index (χ0v) is 13.9. The van der Waals surface area contributed by atoms with Crippen LogP contribution in [0.3, 0.4) is 0 Å². The summed E-state index contributed by atoms with van der Waals surface area (Å²) in [6.07, 6.45) is -5.18. The van der Waals surface area contributed by atoms with Crippen LogP contribution in [0.4, 0.5) is 13.2 Å². The molecule has 0 aliphatic rings. The van der Waals surface area contributed by atoms with Gasteiger partial charge in [0.2, 0.25) is 0 Å². The van der Waals surface area contributed by atoms with Crippen LogP contribution in [0.5, 0.6) is 5.75 Å². The predicted octanol–water partition coefficient (Wildman–Crippen LogP) is 5.22. The second-order valence-corrected chi connectivity index (χ2v) is 6.02. The van der Waals surface area contributed by atoms with E-state index in [1.807, 2.05) is 56.3 Å². The Labute approximate surface area is 140 Å². The molecule has 0 unspecified atom stereocenters. The summed E-state index contributed by atoms with van der Waals surface area (Å²) in [5.41, 5.74) is 9.44. The van der Waals surface area contributed by atoms with Crippen LogP contribution >= 0.6 is 0 Å². The Kier molecular flexibility index (Phi) is 5.89. The monoisotopic (exact) mass is 337 g/mol. The van der Waals surface area contributed by atoms with Crippen LogP contribution in [-0.2, 0) is 6.61 Å². The molecule has 2 nitrogen and oxygen atoms in total. The minimum atomic E-state index is -4.18. The van der Waals surface area contributed by atoms with Crippen molar-refractivity contribution in [3.05, 3.63) is 64.7 Å². The number of aryl methyl sites for hydroxylation is 2. The van der Waals surface area contributed by atoms with E-state index in [4.69, 9.17) is 10.5 Å². The highest BCUT2D eigenvalue weighted by atomic mass is 19.4. The molecule has 0 aliphatic carbocycles. The molecule has 130 valence electrons. The average Bonchev–Trinajstić information content (AvgIpc) is 2.52. The Morgan fingerprint density at radius 3 is 2.17 bits per heavy atom. The summed E-state index contributed by atoms with van der Waals surface area (Å²) in [6.45, 7) is 4.21. The summed E-state index contributed by atoms with van der Waals surface area (Å²) in [5, 5.41) is 0. The second-order valence-electron chi connectivity index (χ2n) is 6.02. The van der Waals surface area contributed by atoms with Crippen LogP contribution < -0.4 is 10.5 Å². The fourth-order valence-corrected chi connectivity index (χ4v) is 2.64. The lowest BCUT2D eigenvalue weighted by atomic mass is 9.97. The molecule has 0 fully saturated rings. The molecule has 0 bridgehead atoms. The van der Waals surface area contributed by atoms with Gasteiger partial charge in [-0.25, -0.2) is 0 Å². The first kappa shape index (κ1) is 18.3. The summed E-state index contributed by atoms with van der Waals surface area (Å²) in [4.78, 5) is 0. The van der Waals surface area contributed by atoms with Crippen LogP contribution in [-0.4, -0.2) is 6.18 Å². The molecule has 2 N–H and O–H groups in total. The molecular weight excluding hydrogens is 315 g/mol. The number of nitrogens with two attached hydrogens (primary N) is 1. The van der Waals surface area contributed by atoms with Crippen molar-refractivity contribution in [2.75, 3.05) is 0 Å². The zero-order valence-electron chi connectivity index (χ0n) is 13.9. The van der Waals surface area contributed by atoms with Crippen LogP contribution in [0.2, 0.25) is 0 Å². The quantitative estimate of drug-likeness (QED) is 0.784. The molecule has 2 aromatic carbocycles. The van der Waals surface area contributed by atoms with Gasteiger partial charge in [0, 0.05) is 12.5 Å². The van der Waals surface area contributed by atoms with Gasteiger partial charge >= 0.3 is 6.18 Å². The van der Waals surface area contributed by atoms with Crippen LogP contribution in [0.25, 0.3) is 0 Å². The molecule has 0 aliphatic heterocycles. The maximum Gasteiger partial charge on any atom is 0.389 e. The second kappa shape index (κ2) is 7.71. The number of hydrogen-bond acceptors (Lipinski definition) is 2. The Morgan fingerprint density at radius 1 is 1.04 bits per heavy atom. The number of benzene rings is 2. The summed E-state index contributed by atoms with van der Waals surface area (Å²) in [5.74, 6) is 0.755. The van der Waals surface area contributed by atoms with Gasteiger partial charge in [0.05, 0.1) is 0 Å². The lowest BCUT2D eigenvalue weighted by Crippen LogP contribution is -2.16. The van der Waals surface area contributed by atoms with Crippen molar-refractivity contribution in [3.63, 3.8) is 0 Å². The van der Waals surface area contributed by atoms with Crippen LogP contribution in [0.1, 0.15) is 41.1 Å². The molecule has 0 heterocycles. The molecule has 0 aromatic heterocycles. The third kappa shape index (κ3) is 5.27. The Morgan fingerprint density at radius 2 is 1.62 bits per heavy atom. The standard InChI is InChI=1S/C19H22F3NO/c1-13-10-16(17(23)8-9-19(20,21)22)11-14(2)18(13)24-12-15-6-4-3-5-7-15/h3-7,10-11,17H,8-9,12,23H2,1-2H3/t17-/m1/s1. The average molecular weight is 337 g/mol. The number of rotatable bonds is 6. The fourth-order valence-electron chi connectivity index (χ4n) is 2.64. The fraction of sp³-hybridized carbons (Fsp3) is 0.368. The molecule has 0 radical (unpaired) electrons. The molecule has 0 saturated heterocycles. The van der Waals surface area contributed by atoms with E-state index in [0.29, 0.717) is 12.2 Å². The topological polar surface area (TPSA) is 35.2 Å². The molecule has 2 rings (SSSR count). The molecule has 2 aromatic rings. The highest BCUT2D eigenvalue weighted by Crippen LogP contribution is 2.31. The van der Waals surface area contributed by atoms with E-state index in [-0.39, 0.29) is 6.42 Å². The van der Waals surface area contributed by atoms with Crippen molar-refractivity contribution in [1.82, 2.24) is 0 Å². The number of alkyl halides is 3. The molecule has 1 atom stereocenters. The van der Waals surface area contributed by atoms with Crippen LogP contribution in [0, 0.1) is 13.8 Å². The van der Waals surface area contributed by atoms with E-state index in [1.54, 1.807) is 0 Å². The summed E-state index contributed by atoms with van der Waals surface area (Å²) < 4.78 is 42.9. The van der Waals surface area contributed by atoms with Gasteiger partial charge in [-0.15, -0.1) is 0 Å². The normalized spacial score (nSPS) is 12.9. The van der Waals surface area contributed by atoms with Crippen molar-refractivity contribution in [3.8, 4) is 5.75 Å². The van der Waals surface area contributed by atoms with Crippen molar-refractivity contribution >= 4 is 0 Å². The maximum absolute atomic E-state index is 12.3. The first-order valence-electron chi connectivity index (χ1n) is 7.86. The van der Waals surface area contributed by atoms with Gasteiger partial charge in [0.1, 0.15) is 12.4 Å². The van der Waals surface area contributed by atoms with Crippen molar-refractivity contribution in [2.24, 2.45) is 5.73 Å². The van der Waals surface area contributed by atoms with Gasteiger partial charge in [-0.1, -0.05) is 42.5 Å². The van der Waals surface area contributed by atoms with Crippen molar-refractivity contribution in [1.29, 1.82) is 0 Å². The van der Waals surface area contributed by atoms with E-state index in [1.165, 1.54) is 0 Å². The van der Waals surface area contributed by atoms with Crippen molar-refractivity contribution < 1.29 is 17.9 Å². The zero-order chi connectivity index (χ0) is 17.7. The third-order valence-corrected chi connectivity index (χ3v) is 3.88. The highest BCUT2D eigenvalue weighted by Gasteiger charge is 2.28. The Balaban J connectivity index is 2.07. The van der Waals surface area contributed by atoms with Gasteiger partial charge < -0.3 is 10.5 Å². The van der Waals surface area contributed by atoms with Crippen LogP contribution in [0.15, 0.2) is 42.5 Å². The number of hydrogen-bond donors (Lipinski definition) is 1. The number of halogens is 3. The molecular formula is C19H22F3NO. The molecule has 0 spiro atoms. The third-order valence-electron chi connectivity index (χ3n) is 3.88. The predicted molar refractivity (Wildman–Crippen MR) is 88.9 cm³/mol. The SMILES string of the molecule is Cc1cc([C@H](N)CCC(F)(F)F)cc(C)c1OCc1ccccc1. The molecule has 24 heavy (non-hydrogen) atoms. The van der Waals surface area contributed by atoms with E-state index in [2.05, 4.69) is 0 Å². The van der Waals surface area contributed by atoms with E-state index < -0.39 is 18.6 Å². The maximum atomic E-state index is 12.3. The summed E-state index contributed by atoms with van der Waals surface area (Å²) in [7, 11) is 0. The summed E-state index contributed by atoms with van der Waals surface area (Å²) >= 11 is 0. The Hall–Kier alpha value is -2.01. The van der Waals surface area contributed by atoms with E-state index >= 15 is 0 Å². The minimum Gasteiger partial charge on any atom is -0.488 e. The van der Waals surface area contributed by atoms with E-state index in [0.717, 1.165) is 22.4 Å². The molecule has 0 saturated carbocycles. The lowest BCUT2D eigenvalue weighted by Gasteiger charge is -2.18. The minimum absolute atomic E-state index is 0.118.